The third-order valence-electron chi connectivity index (χ3n) is 5.63. The molecule has 0 fully saturated rings. The van der Waals surface area contributed by atoms with Crippen molar-refractivity contribution in [3.05, 3.63) is 98.9 Å². The minimum atomic E-state index is -5.00. The average molecular weight is 483 g/mol. The van der Waals surface area contributed by atoms with Crippen LogP contribution < -0.4 is 10.2 Å². The summed E-state index contributed by atoms with van der Waals surface area (Å²) in [5.74, 6) is -2.62. The molecule has 35 heavy (non-hydrogen) atoms. The van der Waals surface area contributed by atoms with Crippen LogP contribution in [0.15, 0.2) is 69.9 Å². The van der Waals surface area contributed by atoms with Crippen molar-refractivity contribution in [3.8, 4) is 17.2 Å². The van der Waals surface area contributed by atoms with Gasteiger partial charge in [-0.1, -0.05) is 42.5 Å². The summed E-state index contributed by atoms with van der Waals surface area (Å²) in [5.41, 5.74) is 1.11. The highest BCUT2D eigenvalue weighted by atomic mass is 19.4. The van der Waals surface area contributed by atoms with Crippen LogP contribution in [0.5, 0.6) is 17.2 Å². The van der Waals surface area contributed by atoms with Crippen molar-refractivity contribution in [3.63, 3.8) is 0 Å². The molecule has 1 aromatic heterocycles. The zero-order valence-electron chi connectivity index (χ0n) is 19.4. The van der Waals surface area contributed by atoms with Crippen molar-refractivity contribution in [1.82, 2.24) is 4.90 Å². The van der Waals surface area contributed by atoms with E-state index in [2.05, 4.69) is 0 Å². The van der Waals surface area contributed by atoms with Crippen LogP contribution in [0.1, 0.15) is 28.0 Å². The number of ether oxygens (including phenoxy) is 1. The van der Waals surface area contributed by atoms with Crippen molar-refractivity contribution in [2.75, 3.05) is 7.05 Å². The third-order valence-corrected chi connectivity index (χ3v) is 5.63. The van der Waals surface area contributed by atoms with Gasteiger partial charge < -0.3 is 14.3 Å². The van der Waals surface area contributed by atoms with Crippen LogP contribution in [0.2, 0.25) is 0 Å². The zero-order chi connectivity index (χ0) is 25.3. The van der Waals surface area contributed by atoms with Gasteiger partial charge in [-0.05, 0) is 55.8 Å². The Morgan fingerprint density at radius 2 is 1.71 bits per heavy atom. The fourth-order valence-corrected chi connectivity index (χ4v) is 3.87. The summed E-state index contributed by atoms with van der Waals surface area (Å²) in [5, 5.41) is 10.4. The highest BCUT2D eigenvalue weighted by Gasteiger charge is 2.41. The van der Waals surface area contributed by atoms with Crippen molar-refractivity contribution < 1.29 is 27.4 Å². The maximum atomic E-state index is 14.0. The number of aromatic hydroxyl groups is 1. The zero-order valence-corrected chi connectivity index (χ0v) is 19.4. The second-order valence-corrected chi connectivity index (χ2v) is 8.56. The van der Waals surface area contributed by atoms with Gasteiger partial charge in [-0.3, -0.25) is 9.69 Å². The minimum absolute atomic E-state index is 0.0511. The van der Waals surface area contributed by atoms with Gasteiger partial charge in [-0.25, -0.2) is 0 Å². The molecule has 0 saturated carbocycles. The Labute approximate surface area is 200 Å². The Kier molecular flexibility index (Phi) is 6.58. The highest BCUT2D eigenvalue weighted by molar-refractivity contribution is 5.83. The number of alkyl halides is 3. The topological polar surface area (TPSA) is 62.9 Å². The molecule has 0 saturated heterocycles. The van der Waals surface area contributed by atoms with E-state index in [1.165, 1.54) is 12.1 Å². The first-order valence-electron chi connectivity index (χ1n) is 10.9. The van der Waals surface area contributed by atoms with Gasteiger partial charge in [-0.15, -0.1) is 0 Å². The molecule has 0 atom stereocenters. The molecule has 3 aromatic carbocycles. The summed E-state index contributed by atoms with van der Waals surface area (Å²) in [6.45, 7) is 3.96. The van der Waals surface area contributed by atoms with Crippen molar-refractivity contribution >= 4 is 11.0 Å². The molecule has 5 nitrogen and oxygen atoms in total. The molecule has 4 aromatic rings. The number of phenols is 1. The lowest BCUT2D eigenvalue weighted by Crippen LogP contribution is -2.19. The maximum absolute atomic E-state index is 14.0. The lowest BCUT2D eigenvalue weighted by atomic mass is 10.1. The van der Waals surface area contributed by atoms with Gasteiger partial charge in [0.05, 0.1) is 10.9 Å². The Balaban J connectivity index is 1.83. The first kappa shape index (κ1) is 24.3. The number of fused-ring (bicyclic) bond motifs is 1. The smallest absolute Gasteiger partial charge is 0.453 e. The highest BCUT2D eigenvalue weighted by Crippen LogP contribution is 2.40. The summed E-state index contributed by atoms with van der Waals surface area (Å²) < 4.78 is 52.9. The van der Waals surface area contributed by atoms with Crippen molar-refractivity contribution in [2.24, 2.45) is 0 Å². The van der Waals surface area contributed by atoms with Crippen LogP contribution in [0, 0.1) is 13.8 Å². The molecule has 4 rings (SSSR count). The Morgan fingerprint density at radius 1 is 1.00 bits per heavy atom. The molecule has 8 heteroatoms. The van der Waals surface area contributed by atoms with E-state index in [4.69, 9.17) is 9.15 Å². The van der Waals surface area contributed by atoms with Crippen molar-refractivity contribution in [1.29, 1.82) is 0 Å². The molecule has 0 bridgehead atoms. The summed E-state index contributed by atoms with van der Waals surface area (Å²) in [4.78, 5) is 15.1. The summed E-state index contributed by atoms with van der Waals surface area (Å²) >= 11 is 0. The average Bonchev–Trinajstić information content (AvgIpc) is 2.79. The Morgan fingerprint density at radius 3 is 2.40 bits per heavy atom. The second kappa shape index (κ2) is 9.46. The number of benzene rings is 3. The number of nitrogens with zero attached hydrogens (tertiary/aromatic N) is 1. The SMILES string of the molecule is Cc1ccc(C)c(Oc2c(C(F)(F)F)oc3c(CN(C)Cc4ccccc4)c(O)ccc3c2=O)c1. The fraction of sp³-hybridized carbons (Fsp3) is 0.222. The summed E-state index contributed by atoms with van der Waals surface area (Å²) in [6, 6.07) is 17.0. The molecule has 0 radical (unpaired) electrons. The van der Waals surface area contributed by atoms with Gasteiger partial charge in [0, 0.05) is 13.1 Å². The van der Waals surface area contributed by atoms with E-state index in [1.54, 1.807) is 44.0 Å². The van der Waals surface area contributed by atoms with Gasteiger partial charge in [0.1, 0.15) is 17.1 Å². The first-order chi connectivity index (χ1) is 16.5. The van der Waals surface area contributed by atoms with Crippen LogP contribution in [0.25, 0.3) is 11.0 Å². The quantitative estimate of drug-likeness (QED) is 0.337. The second-order valence-electron chi connectivity index (χ2n) is 8.56. The Bertz CT molecular complexity index is 1430. The molecule has 182 valence electrons. The van der Waals surface area contributed by atoms with E-state index in [0.717, 1.165) is 11.1 Å². The van der Waals surface area contributed by atoms with Crippen molar-refractivity contribution in [2.45, 2.75) is 33.1 Å². The Hall–Kier alpha value is -3.78. The molecule has 0 unspecified atom stereocenters. The predicted molar refractivity (Wildman–Crippen MR) is 127 cm³/mol. The van der Waals surface area contributed by atoms with Crippen LogP contribution in [0.3, 0.4) is 0 Å². The number of halogens is 3. The number of phenolic OH excluding ortho intramolecular Hbond substituents is 1. The number of hydrogen-bond acceptors (Lipinski definition) is 5. The molecule has 0 amide bonds. The van der Waals surface area contributed by atoms with E-state index >= 15 is 0 Å². The van der Waals surface area contributed by atoms with E-state index in [0.29, 0.717) is 12.1 Å². The van der Waals surface area contributed by atoms with E-state index in [1.807, 2.05) is 30.3 Å². The maximum Gasteiger partial charge on any atom is 0.453 e. The molecule has 1 N–H and O–H groups in total. The standard InChI is InChI=1S/C27H24F3NO4/c1-16-9-10-17(2)22(13-16)34-25-23(33)19-11-12-21(32)20(24(19)35-26(25)27(28,29)30)15-31(3)14-18-7-5-4-6-8-18/h4-13,32H,14-15H2,1-3H3. The largest absolute Gasteiger partial charge is 0.507 e. The third kappa shape index (κ3) is 5.17. The van der Waals surface area contributed by atoms with Crippen LogP contribution >= 0.6 is 0 Å². The predicted octanol–water partition coefficient (Wildman–Crippen LogP) is 6.56. The molecule has 0 aliphatic carbocycles. The molecule has 0 aliphatic rings. The molecule has 0 spiro atoms. The monoisotopic (exact) mass is 483 g/mol. The molecular weight excluding hydrogens is 459 g/mol. The van der Waals surface area contributed by atoms with Crippen LogP contribution in [0.4, 0.5) is 13.2 Å². The van der Waals surface area contributed by atoms with Gasteiger partial charge in [-0.2, -0.15) is 13.2 Å². The number of rotatable bonds is 6. The summed E-state index contributed by atoms with van der Waals surface area (Å²) in [7, 11) is 1.76. The number of hydrogen-bond donors (Lipinski definition) is 1. The van der Waals surface area contributed by atoms with E-state index < -0.39 is 23.1 Å². The van der Waals surface area contributed by atoms with Crippen LogP contribution in [-0.4, -0.2) is 17.1 Å². The summed E-state index contributed by atoms with van der Waals surface area (Å²) in [6.07, 6.45) is -5.00. The van der Waals surface area contributed by atoms with E-state index in [-0.39, 0.29) is 34.6 Å². The first-order valence-corrected chi connectivity index (χ1v) is 10.9. The van der Waals surface area contributed by atoms with Gasteiger partial charge in [0.2, 0.25) is 11.2 Å². The van der Waals surface area contributed by atoms with Gasteiger partial charge in [0.25, 0.3) is 5.76 Å². The fourth-order valence-electron chi connectivity index (χ4n) is 3.87. The lowest BCUT2D eigenvalue weighted by Gasteiger charge is -2.20. The van der Waals surface area contributed by atoms with Crippen LogP contribution in [-0.2, 0) is 19.3 Å². The van der Waals surface area contributed by atoms with Gasteiger partial charge >= 0.3 is 6.18 Å². The van der Waals surface area contributed by atoms with E-state index in [9.17, 15) is 23.1 Å². The van der Waals surface area contributed by atoms with Gasteiger partial charge in [0.15, 0.2) is 0 Å². The molecule has 1 heterocycles. The molecular formula is C27H24F3NO4. The number of aryl methyl sites for hydroxylation is 2. The lowest BCUT2D eigenvalue weighted by molar-refractivity contribution is -0.154. The normalized spacial score (nSPS) is 11.9. The molecule has 0 aliphatic heterocycles. The minimum Gasteiger partial charge on any atom is -0.507 e.